The minimum atomic E-state index is -1.87. The summed E-state index contributed by atoms with van der Waals surface area (Å²) in [6.45, 7) is 6.45. The number of halogens is 1. The van der Waals surface area contributed by atoms with E-state index in [0.29, 0.717) is 25.9 Å². The summed E-state index contributed by atoms with van der Waals surface area (Å²) in [4.78, 5) is 46.1. The summed E-state index contributed by atoms with van der Waals surface area (Å²) >= 11 is 3.02. The lowest BCUT2D eigenvalue weighted by molar-refractivity contribution is -0.142. The highest BCUT2D eigenvalue weighted by Gasteiger charge is 2.53. The van der Waals surface area contributed by atoms with Crippen molar-refractivity contribution in [3.63, 3.8) is 0 Å². The monoisotopic (exact) mass is 532 g/mol. The topological polar surface area (TPSA) is 91.4 Å². The maximum absolute atomic E-state index is 14.4. The Bertz CT molecular complexity index is 1130. The molecule has 2 atom stereocenters. The number of carbonyl (C=O) groups is 3. The highest BCUT2D eigenvalue weighted by atomic mass is 32.2. The van der Waals surface area contributed by atoms with Gasteiger partial charge in [-0.05, 0) is 63.8 Å². The lowest BCUT2D eigenvalue weighted by Gasteiger charge is -2.36. The number of nitrogens with one attached hydrogen (secondary N) is 2. The van der Waals surface area contributed by atoms with Crippen molar-refractivity contribution < 1.29 is 18.8 Å². The second-order valence-corrected chi connectivity index (χ2v) is 12.4. The second kappa shape index (κ2) is 10.5. The summed E-state index contributed by atoms with van der Waals surface area (Å²) in [7, 11) is 0. The zero-order valence-electron chi connectivity index (χ0n) is 21.1. The van der Waals surface area contributed by atoms with Crippen molar-refractivity contribution in [3.05, 3.63) is 41.0 Å². The molecule has 194 valence electrons. The zero-order chi connectivity index (χ0) is 26.1. The molecule has 1 aliphatic heterocycles. The van der Waals surface area contributed by atoms with Crippen LogP contribution in [0.2, 0.25) is 0 Å². The lowest BCUT2D eigenvalue weighted by Crippen LogP contribution is -2.60. The van der Waals surface area contributed by atoms with Crippen molar-refractivity contribution in [1.82, 2.24) is 20.5 Å². The van der Waals surface area contributed by atoms with E-state index >= 15 is 0 Å². The maximum Gasteiger partial charge on any atom is 0.258 e. The van der Waals surface area contributed by atoms with Crippen molar-refractivity contribution in [2.45, 2.75) is 75.5 Å². The molecule has 1 saturated carbocycles. The van der Waals surface area contributed by atoms with E-state index < -0.39 is 28.4 Å². The summed E-state index contributed by atoms with van der Waals surface area (Å²) < 4.78 is 13.7. The zero-order valence-corrected chi connectivity index (χ0v) is 22.7. The number of thioether (sulfide) groups is 1. The first-order chi connectivity index (χ1) is 17.1. The molecular formula is C26H33FN4O3S2. The molecule has 1 aromatic carbocycles. The van der Waals surface area contributed by atoms with Crippen LogP contribution in [0.4, 0.5) is 4.39 Å². The van der Waals surface area contributed by atoms with Crippen LogP contribution in [0.15, 0.2) is 29.8 Å². The first-order valence-electron chi connectivity index (χ1n) is 12.2. The Morgan fingerprint density at radius 1 is 1.28 bits per heavy atom. The number of aryl methyl sites for hydroxylation is 1. The van der Waals surface area contributed by atoms with E-state index in [0.717, 1.165) is 21.7 Å². The number of carbonyl (C=O) groups excluding carboxylic acids is 3. The summed E-state index contributed by atoms with van der Waals surface area (Å²) in [6, 6.07) is 6.44. The molecule has 3 amide bonds. The van der Waals surface area contributed by atoms with Crippen LogP contribution in [-0.4, -0.2) is 62.9 Å². The van der Waals surface area contributed by atoms with E-state index in [9.17, 15) is 18.8 Å². The number of aromatic nitrogens is 1. The molecule has 10 heteroatoms. The Balaban J connectivity index is 1.40. The molecule has 4 rings (SSSR count). The van der Waals surface area contributed by atoms with Gasteiger partial charge in [0.2, 0.25) is 11.8 Å². The summed E-state index contributed by atoms with van der Waals surface area (Å²) in [5, 5.41) is 5.63. The van der Waals surface area contributed by atoms with E-state index in [1.54, 1.807) is 16.2 Å². The summed E-state index contributed by atoms with van der Waals surface area (Å²) in [5.41, 5.74) is 2.99. The van der Waals surface area contributed by atoms with E-state index in [-0.39, 0.29) is 24.7 Å². The minimum Gasteiger partial charge on any atom is -0.350 e. The fourth-order valence-electron chi connectivity index (χ4n) is 4.38. The number of rotatable bonds is 9. The fraction of sp³-hybridized carbons (Fsp3) is 0.538. The van der Waals surface area contributed by atoms with Crippen LogP contribution in [0.1, 0.15) is 50.8 Å². The Hall–Kier alpha value is -2.46. The van der Waals surface area contributed by atoms with E-state index in [1.807, 2.05) is 56.8 Å². The predicted molar refractivity (Wildman–Crippen MR) is 141 cm³/mol. The Kier molecular flexibility index (Phi) is 7.75. The van der Waals surface area contributed by atoms with Gasteiger partial charge in [-0.3, -0.25) is 14.4 Å². The molecule has 0 radical (unpaired) electrons. The Labute approximate surface area is 219 Å². The van der Waals surface area contributed by atoms with Gasteiger partial charge < -0.3 is 15.5 Å². The van der Waals surface area contributed by atoms with Gasteiger partial charge in [0.1, 0.15) is 12.1 Å². The van der Waals surface area contributed by atoms with Gasteiger partial charge in [0.05, 0.1) is 16.1 Å². The van der Waals surface area contributed by atoms with Crippen molar-refractivity contribution in [3.8, 4) is 10.4 Å². The van der Waals surface area contributed by atoms with Gasteiger partial charge in [0.25, 0.3) is 5.91 Å². The third-order valence-electron chi connectivity index (χ3n) is 7.11. The largest absolute Gasteiger partial charge is 0.350 e. The highest BCUT2D eigenvalue weighted by molar-refractivity contribution is 8.00. The summed E-state index contributed by atoms with van der Waals surface area (Å²) in [5.74, 6) is -1.30. The number of likely N-dealkylation sites (tertiary alicyclic amines) is 1. The maximum atomic E-state index is 14.4. The van der Waals surface area contributed by atoms with Crippen LogP contribution in [-0.2, 0) is 20.9 Å². The average Bonchev–Trinajstić information content (AvgIpc) is 3.23. The molecule has 1 aliphatic carbocycles. The number of nitrogens with zero attached hydrogens (tertiary/aromatic N) is 2. The summed E-state index contributed by atoms with van der Waals surface area (Å²) in [6.07, 6.45) is 3.46. The fourth-order valence-corrected chi connectivity index (χ4v) is 5.58. The quantitative estimate of drug-likeness (QED) is 0.512. The number of thiazole rings is 1. The minimum absolute atomic E-state index is 0.180. The van der Waals surface area contributed by atoms with Crippen molar-refractivity contribution in [2.24, 2.45) is 0 Å². The lowest BCUT2D eigenvalue weighted by atomic mass is 10.00. The highest BCUT2D eigenvalue weighted by Crippen LogP contribution is 2.40. The van der Waals surface area contributed by atoms with Crippen LogP contribution >= 0.6 is 23.1 Å². The van der Waals surface area contributed by atoms with Gasteiger partial charge >= 0.3 is 0 Å². The molecule has 7 nitrogen and oxygen atoms in total. The third-order valence-corrected chi connectivity index (χ3v) is 9.37. The van der Waals surface area contributed by atoms with Gasteiger partial charge in [0.15, 0.2) is 5.67 Å². The Morgan fingerprint density at radius 2 is 1.97 bits per heavy atom. The van der Waals surface area contributed by atoms with Gasteiger partial charge in [0, 0.05) is 17.8 Å². The average molecular weight is 533 g/mol. The number of alkyl halides is 1. The van der Waals surface area contributed by atoms with Gasteiger partial charge in [-0.15, -0.1) is 11.3 Å². The molecule has 2 aliphatic rings. The van der Waals surface area contributed by atoms with Crippen molar-refractivity contribution in [2.75, 3.05) is 12.8 Å². The van der Waals surface area contributed by atoms with Crippen LogP contribution in [0, 0.1) is 6.92 Å². The van der Waals surface area contributed by atoms with Crippen molar-refractivity contribution >= 4 is 40.8 Å². The van der Waals surface area contributed by atoms with Crippen LogP contribution in [0.3, 0.4) is 0 Å². The van der Waals surface area contributed by atoms with E-state index in [2.05, 4.69) is 15.6 Å². The Morgan fingerprint density at radius 3 is 2.56 bits per heavy atom. The SMILES string of the molecule is CSC(C)(C)C(NC(=O)C1(F)CC1)C(=O)N1CCCC1C(=O)NCc1ccc(-c2scnc2C)cc1. The second-order valence-electron chi connectivity index (χ2n) is 10.1. The number of hydrogen-bond acceptors (Lipinski definition) is 6. The van der Waals surface area contributed by atoms with Crippen LogP contribution in [0.25, 0.3) is 10.4 Å². The number of hydrogen-bond donors (Lipinski definition) is 2. The predicted octanol–water partition coefficient (Wildman–Crippen LogP) is 3.85. The van der Waals surface area contributed by atoms with Crippen LogP contribution in [0.5, 0.6) is 0 Å². The third kappa shape index (κ3) is 5.59. The molecule has 2 aromatic rings. The molecule has 1 saturated heterocycles. The first-order valence-corrected chi connectivity index (χ1v) is 14.3. The van der Waals surface area contributed by atoms with Crippen molar-refractivity contribution in [1.29, 1.82) is 0 Å². The first kappa shape index (κ1) is 26.6. The molecule has 36 heavy (non-hydrogen) atoms. The molecule has 2 heterocycles. The van der Waals surface area contributed by atoms with Gasteiger partial charge in [-0.1, -0.05) is 24.3 Å². The van der Waals surface area contributed by atoms with E-state index in [1.165, 1.54) is 11.8 Å². The molecule has 2 fully saturated rings. The molecule has 0 spiro atoms. The molecule has 2 N–H and O–H groups in total. The molecule has 1 aromatic heterocycles. The van der Waals surface area contributed by atoms with Crippen LogP contribution < -0.4 is 10.6 Å². The number of benzene rings is 1. The smallest absolute Gasteiger partial charge is 0.258 e. The van der Waals surface area contributed by atoms with E-state index in [4.69, 9.17) is 0 Å². The molecule has 0 bridgehead atoms. The molecule has 2 unspecified atom stereocenters. The molecular weight excluding hydrogens is 499 g/mol. The van der Waals surface area contributed by atoms with Gasteiger partial charge in [-0.25, -0.2) is 9.37 Å². The van der Waals surface area contributed by atoms with Gasteiger partial charge in [-0.2, -0.15) is 11.8 Å². The number of amides is 3. The normalized spacial score (nSPS) is 19.6. The standard InChI is InChI=1S/C26H33FN4O3S2/c1-16-20(36-15-29-16)18-9-7-17(8-10-18)14-28-22(32)19-6-5-13-31(19)23(33)21(25(2,3)35-4)30-24(34)26(27)11-12-26/h7-10,15,19,21H,5-6,11-14H2,1-4H3,(H,28,32)(H,30,34).